The Bertz CT molecular complexity index is 458. The molecule has 0 aliphatic carbocycles. The Balaban J connectivity index is 2.81. The number of carbonyl (C=O) groups excluding carboxylic acids is 1. The molecule has 0 saturated heterocycles. The Morgan fingerprint density at radius 1 is 1.53 bits per heavy atom. The van der Waals surface area contributed by atoms with Gasteiger partial charge in [-0.15, -0.1) is 0 Å². The van der Waals surface area contributed by atoms with E-state index in [2.05, 4.69) is 5.32 Å². The number of hydrogen-bond acceptors (Lipinski definition) is 4. The molecule has 0 fully saturated rings. The zero-order valence-electron chi connectivity index (χ0n) is 11.2. The normalized spacial score (nSPS) is 12.9. The number of halogens is 1. The highest BCUT2D eigenvalue weighted by Gasteiger charge is 2.21. The zero-order valence-corrected chi connectivity index (χ0v) is 12.0. The van der Waals surface area contributed by atoms with Crippen LogP contribution in [-0.4, -0.2) is 23.3 Å². The minimum Gasteiger partial charge on any atom is -0.508 e. The lowest BCUT2D eigenvalue weighted by molar-refractivity contribution is 0.0505. The van der Waals surface area contributed by atoms with Crippen LogP contribution in [0.1, 0.15) is 32.4 Å². The summed E-state index contributed by atoms with van der Waals surface area (Å²) < 4.78 is 5.16. The summed E-state index contributed by atoms with van der Waals surface area (Å²) in [6.07, 6.45) is -0.563. The van der Waals surface area contributed by atoms with Crippen LogP contribution in [0, 0.1) is 0 Å². The quantitative estimate of drug-likeness (QED) is 0.797. The van der Waals surface area contributed by atoms with E-state index in [0.29, 0.717) is 10.6 Å². The van der Waals surface area contributed by atoms with Gasteiger partial charge in [-0.05, 0) is 38.5 Å². The number of rotatable bonds is 3. The SMILES string of the molecule is CC(C)(C)OC(=O)NC(CN)c1ccc(O)cc1Cl. The summed E-state index contributed by atoms with van der Waals surface area (Å²) in [5.74, 6) is 0.0572. The first-order valence-electron chi connectivity index (χ1n) is 5.91. The van der Waals surface area contributed by atoms with E-state index in [9.17, 15) is 9.90 Å². The van der Waals surface area contributed by atoms with Gasteiger partial charge in [0.1, 0.15) is 11.4 Å². The average Bonchev–Trinajstić information content (AvgIpc) is 2.24. The van der Waals surface area contributed by atoms with Crippen molar-refractivity contribution in [3.8, 4) is 5.75 Å². The smallest absolute Gasteiger partial charge is 0.408 e. The largest absolute Gasteiger partial charge is 0.508 e. The molecule has 19 heavy (non-hydrogen) atoms. The van der Waals surface area contributed by atoms with Gasteiger partial charge in [-0.1, -0.05) is 17.7 Å². The van der Waals surface area contributed by atoms with Gasteiger partial charge >= 0.3 is 6.09 Å². The van der Waals surface area contributed by atoms with E-state index < -0.39 is 17.7 Å². The Morgan fingerprint density at radius 3 is 2.63 bits per heavy atom. The van der Waals surface area contributed by atoms with Crippen LogP contribution < -0.4 is 11.1 Å². The molecule has 106 valence electrons. The van der Waals surface area contributed by atoms with Crippen molar-refractivity contribution in [2.45, 2.75) is 32.4 Å². The molecule has 0 aliphatic heterocycles. The maximum absolute atomic E-state index is 11.7. The summed E-state index contributed by atoms with van der Waals surface area (Å²) in [5.41, 5.74) is 5.68. The van der Waals surface area contributed by atoms with Crippen LogP contribution in [0.15, 0.2) is 18.2 Å². The first-order chi connectivity index (χ1) is 8.73. The Morgan fingerprint density at radius 2 is 2.16 bits per heavy atom. The van der Waals surface area contributed by atoms with E-state index in [4.69, 9.17) is 22.1 Å². The Labute approximate surface area is 117 Å². The summed E-state index contributed by atoms with van der Waals surface area (Å²) in [5, 5.41) is 12.3. The third-order valence-electron chi connectivity index (χ3n) is 2.29. The van der Waals surface area contributed by atoms with Crippen LogP contribution in [0.2, 0.25) is 5.02 Å². The van der Waals surface area contributed by atoms with Gasteiger partial charge in [0.15, 0.2) is 0 Å². The highest BCUT2D eigenvalue weighted by atomic mass is 35.5. The molecule has 0 radical (unpaired) electrons. The molecule has 1 unspecified atom stereocenters. The van der Waals surface area contributed by atoms with Gasteiger partial charge in [0, 0.05) is 11.6 Å². The number of amides is 1. The van der Waals surface area contributed by atoms with Crippen LogP contribution in [-0.2, 0) is 4.74 Å². The zero-order chi connectivity index (χ0) is 14.6. The second-order valence-electron chi connectivity index (χ2n) is 5.14. The van der Waals surface area contributed by atoms with Crippen molar-refractivity contribution < 1.29 is 14.6 Å². The molecular formula is C13H19ClN2O3. The first-order valence-corrected chi connectivity index (χ1v) is 6.28. The second-order valence-corrected chi connectivity index (χ2v) is 5.55. The van der Waals surface area contributed by atoms with Gasteiger partial charge in [0.25, 0.3) is 0 Å². The minimum atomic E-state index is -0.581. The molecule has 0 spiro atoms. The van der Waals surface area contributed by atoms with Crippen molar-refractivity contribution in [2.75, 3.05) is 6.54 Å². The maximum Gasteiger partial charge on any atom is 0.408 e. The Kier molecular flexibility index (Phi) is 5.03. The molecule has 1 amide bonds. The maximum atomic E-state index is 11.7. The molecule has 1 rings (SSSR count). The van der Waals surface area contributed by atoms with E-state index in [-0.39, 0.29) is 12.3 Å². The topological polar surface area (TPSA) is 84.6 Å². The van der Waals surface area contributed by atoms with Gasteiger partial charge in [-0.2, -0.15) is 0 Å². The molecule has 0 heterocycles. The summed E-state index contributed by atoms with van der Waals surface area (Å²) in [6.45, 7) is 5.50. The van der Waals surface area contributed by atoms with Crippen LogP contribution >= 0.6 is 11.6 Å². The molecule has 6 heteroatoms. The fourth-order valence-electron chi connectivity index (χ4n) is 1.51. The van der Waals surface area contributed by atoms with Crippen LogP contribution in [0.5, 0.6) is 5.75 Å². The van der Waals surface area contributed by atoms with Gasteiger partial charge in [-0.25, -0.2) is 4.79 Å². The molecule has 0 aliphatic rings. The third-order valence-corrected chi connectivity index (χ3v) is 2.61. The summed E-state index contributed by atoms with van der Waals surface area (Å²) in [6, 6.07) is 4.03. The van der Waals surface area contributed by atoms with E-state index in [1.165, 1.54) is 12.1 Å². The number of phenols is 1. The third kappa shape index (κ3) is 4.96. The van der Waals surface area contributed by atoms with Crippen molar-refractivity contribution in [2.24, 2.45) is 5.73 Å². The molecule has 1 aromatic rings. The number of nitrogens with one attached hydrogen (secondary N) is 1. The first kappa shape index (κ1) is 15.6. The van der Waals surface area contributed by atoms with Gasteiger partial charge < -0.3 is 20.9 Å². The van der Waals surface area contributed by atoms with Gasteiger partial charge in [-0.3, -0.25) is 0 Å². The van der Waals surface area contributed by atoms with Gasteiger partial charge in [0.2, 0.25) is 0 Å². The monoisotopic (exact) mass is 286 g/mol. The highest BCUT2D eigenvalue weighted by Crippen LogP contribution is 2.26. The van der Waals surface area contributed by atoms with Crippen LogP contribution in [0.25, 0.3) is 0 Å². The lowest BCUT2D eigenvalue weighted by atomic mass is 10.1. The number of nitrogens with two attached hydrogens (primary N) is 1. The number of alkyl carbamates (subject to hydrolysis) is 1. The van der Waals surface area contributed by atoms with Gasteiger partial charge in [0.05, 0.1) is 6.04 Å². The Hall–Kier alpha value is -1.46. The number of benzene rings is 1. The van der Waals surface area contributed by atoms with E-state index in [1.807, 2.05) is 0 Å². The van der Waals surface area contributed by atoms with Crippen LogP contribution in [0.3, 0.4) is 0 Å². The minimum absolute atomic E-state index is 0.0572. The number of hydrogen-bond donors (Lipinski definition) is 3. The van der Waals surface area contributed by atoms with Crippen molar-refractivity contribution >= 4 is 17.7 Å². The predicted octanol–water partition coefficient (Wildman–Crippen LogP) is 2.57. The lowest BCUT2D eigenvalue weighted by Crippen LogP contribution is -2.37. The molecule has 5 nitrogen and oxygen atoms in total. The molecular weight excluding hydrogens is 268 g/mol. The molecule has 4 N–H and O–H groups in total. The summed E-state index contributed by atoms with van der Waals surface area (Å²) >= 11 is 6.01. The van der Waals surface area contributed by atoms with Crippen molar-refractivity contribution in [1.82, 2.24) is 5.32 Å². The molecule has 0 bridgehead atoms. The molecule has 1 atom stereocenters. The number of aromatic hydroxyl groups is 1. The second kappa shape index (κ2) is 6.12. The van der Waals surface area contributed by atoms with E-state index in [0.717, 1.165) is 0 Å². The standard InChI is InChI=1S/C13H19ClN2O3/c1-13(2,3)19-12(18)16-11(7-15)9-5-4-8(17)6-10(9)14/h4-6,11,17H,7,15H2,1-3H3,(H,16,18). The summed E-state index contributed by atoms with van der Waals surface area (Å²) in [4.78, 5) is 11.7. The lowest BCUT2D eigenvalue weighted by Gasteiger charge is -2.23. The average molecular weight is 287 g/mol. The van der Waals surface area contributed by atoms with Crippen molar-refractivity contribution in [3.05, 3.63) is 28.8 Å². The summed E-state index contributed by atoms with van der Waals surface area (Å²) in [7, 11) is 0. The van der Waals surface area contributed by atoms with Crippen LogP contribution in [0.4, 0.5) is 4.79 Å². The van der Waals surface area contributed by atoms with E-state index in [1.54, 1.807) is 26.8 Å². The number of ether oxygens (including phenoxy) is 1. The molecule has 0 aromatic heterocycles. The van der Waals surface area contributed by atoms with Crippen molar-refractivity contribution in [3.63, 3.8) is 0 Å². The fraction of sp³-hybridized carbons (Fsp3) is 0.462. The molecule has 0 saturated carbocycles. The highest BCUT2D eigenvalue weighted by molar-refractivity contribution is 6.31. The van der Waals surface area contributed by atoms with E-state index >= 15 is 0 Å². The molecule has 1 aromatic carbocycles. The predicted molar refractivity (Wildman–Crippen MR) is 74.3 cm³/mol. The van der Waals surface area contributed by atoms with Crippen molar-refractivity contribution in [1.29, 1.82) is 0 Å². The number of phenolic OH excluding ortho intramolecular Hbond substituents is 1. The fourth-order valence-corrected chi connectivity index (χ4v) is 1.82. The number of carbonyl (C=O) groups is 1.